The number of likely N-dealkylation sites (tertiary alicyclic amines) is 1. The Bertz CT molecular complexity index is 1880. The van der Waals surface area contributed by atoms with Crippen molar-refractivity contribution in [1.82, 2.24) is 24.7 Å². The number of ether oxygens (including phenoxy) is 1. The lowest BCUT2D eigenvalue weighted by molar-refractivity contribution is 0.103. The zero-order chi connectivity index (χ0) is 36.1. The number of piperazine rings is 1. The van der Waals surface area contributed by atoms with Gasteiger partial charge in [-0.25, -0.2) is 4.98 Å². The number of benzene rings is 1. The van der Waals surface area contributed by atoms with Gasteiger partial charge in [0.05, 0.1) is 27.9 Å². The quantitative estimate of drug-likeness (QED) is 0.197. The van der Waals surface area contributed by atoms with Gasteiger partial charge in [0.15, 0.2) is 0 Å². The van der Waals surface area contributed by atoms with Crippen LogP contribution in [-0.2, 0) is 9.30 Å². The first kappa shape index (κ1) is 37.5. The van der Waals surface area contributed by atoms with Gasteiger partial charge in [0.25, 0.3) is 0 Å². The van der Waals surface area contributed by atoms with Gasteiger partial charge in [0.2, 0.25) is 5.95 Å². The molecule has 1 aliphatic carbocycles. The topological polar surface area (TPSA) is 85.9 Å². The number of nitrogens with one attached hydrogen (secondary N) is 2. The monoisotopic (exact) mass is 789 g/mol. The Kier molecular flexibility index (Phi) is 12.2. The first-order valence-electron chi connectivity index (χ1n) is 17.6. The molecule has 12 heteroatoms. The molecule has 2 fully saturated rings. The summed E-state index contributed by atoms with van der Waals surface area (Å²) < 4.78 is 20.1. The highest BCUT2D eigenvalue weighted by Crippen LogP contribution is 2.41. The molecule has 0 radical (unpaired) electrons. The van der Waals surface area contributed by atoms with Gasteiger partial charge in [-0.2, -0.15) is 4.98 Å². The number of aromatic nitrogens is 2. The van der Waals surface area contributed by atoms with Crippen LogP contribution in [0.25, 0.3) is 5.57 Å². The molecule has 4 heterocycles. The number of halogens is 1. The fourth-order valence-corrected chi connectivity index (χ4v) is 9.42. The van der Waals surface area contributed by atoms with Gasteiger partial charge in [-0.15, -0.1) is 18.2 Å². The Morgan fingerprint density at radius 2 is 1.90 bits per heavy atom. The second-order valence-corrected chi connectivity index (χ2v) is 19.0. The fourth-order valence-electron chi connectivity index (χ4n) is 7.14. The smallest absolute Gasteiger partial charge is 0.229 e. The molecule has 2 aromatic rings. The summed E-state index contributed by atoms with van der Waals surface area (Å²) >= 11 is 5.26. The van der Waals surface area contributed by atoms with Gasteiger partial charge in [0, 0.05) is 74.7 Å². The summed E-state index contributed by atoms with van der Waals surface area (Å²) in [5.74, 6) is 5.22. The highest BCUT2D eigenvalue weighted by molar-refractivity contribution is 9.10. The van der Waals surface area contributed by atoms with E-state index in [0.29, 0.717) is 22.3 Å². The van der Waals surface area contributed by atoms with Crippen LogP contribution in [0.1, 0.15) is 38.2 Å². The van der Waals surface area contributed by atoms with Gasteiger partial charge >= 0.3 is 0 Å². The van der Waals surface area contributed by atoms with Crippen LogP contribution in [0.15, 0.2) is 80.8 Å². The summed E-state index contributed by atoms with van der Waals surface area (Å²) in [4.78, 5) is 18.1. The highest BCUT2D eigenvalue weighted by atomic mass is 79.9. The molecule has 1 aromatic heterocycles. The molecule has 2 N–H and O–H groups in total. The van der Waals surface area contributed by atoms with Crippen molar-refractivity contribution in [3.05, 3.63) is 86.4 Å². The predicted octanol–water partition coefficient (Wildman–Crippen LogP) is 7.48. The summed E-state index contributed by atoms with van der Waals surface area (Å²) in [5, 5.41) is 7.64. The van der Waals surface area contributed by atoms with Crippen LogP contribution in [0.3, 0.4) is 0 Å². The molecule has 6 rings (SSSR count). The summed E-state index contributed by atoms with van der Waals surface area (Å²) in [6.07, 6.45) is 20.1. The molecule has 51 heavy (non-hydrogen) atoms. The number of thioether (sulfide) groups is 1. The van der Waals surface area contributed by atoms with E-state index in [-0.39, 0.29) is 0 Å². The van der Waals surface area contributed by atoms with Crippen molar-refractivity contribution < 1.29 is 9.30 Å². The van der Waals surface area contributed by atoms with Crippen LogP contribution in [0.2, 0.25) is 0 Å². The van der Waals surface area contributed by atoms with Crippen molar-refractivity contribution in [2.75, 3.05) is 83.1 Å². The maximum Gasteiger partial charge on any atom is 0.229 e. The van der Waals surface area contributed by atoms with E-state index in [1.807, 2.05) is 24.3 Å². The molecule has 0 saturated carbocycles. The largest absolute Gasteiger partial charge is 0.495 e. The Balaban J connectivity index is 1.21. The van der Waals surface area contributed by atoms with Crippen molar-refractivity contribution in [1.29, 1.82) is 0 Å². The van der Waals surface area contributed by atoms with Crippen LogP contribution in [0.4, 0.5) is 17.5 Å². The first-order valence-corrected chi connectivity index (χ1v) is 22.0. The minimum absolute atomic E-state index is 0.422. The summed E-state index contributed by atoms with van der Waals surface area (Å²) in [5.41, 5.74) is 6.27. The molecule has 0 spiro atoms. The number of terminal acetylenes is 1. The molecule has 2 saturated heterocycles. The zero-order valence-electron chi connectivity index (χ0n) is 30.3. The zero-order valence-corrected chi connectivity index (χ0v) is 33.6. The van der Waals surface area contributed by atoms with Crippen molar-refractivity contribution in [3.8, 4) is 12.3 Å². The molecule has 3 aliphatic heterocycles. The molecular formula is C39H49BrN7O2PS. The molecular weight excluding hydrogens is 741 g/mol. The third kappa shape index (κ3) is 9.22. The molecule has 270 valence electrons. The second-order valence-electron chi connectivity index (χ2n) is 14.0. The lowest BCUT2D eigenvalue weighted by Gasteiger charge is -2.37. The van der Waals surface area contributed by atoms with E-state index < -0.39 is 7.14 Å². The standard InChI is InChI=1S/C39H49BrN7O2PS/c1-7-31-12-10-29(26-51-31)28-11-13-33(37(24-28)50(5,6)48)42-38-32(40)25-41-39(44-38)43-34-23-27(2)35(14-15-36(34)49-4)47-17-8-9-30(16-18-47)46-21-19-45(3)20-22-46/h1,10-13,15,23-25,30H,8-9,14,16-22,26H2,2-6H3,(H2,41,42,43,44). The lowest BCUT2D eigenvalue weighted by atomic mass is 10.1. The van der Waals surface area contributed by atoms with Gasteiger partial charge in [0.1, 0.15) is 18.7 Å². The minimum atomic E-state index is -2.67. The van der Waals surface area contributed by atoms with Crippen LogP contribution in [-0.4, -0.2) is 103 Å². The van der Waals surface area contributed by atoms with Crippen molar-refractivity contribution >= 4 is 63.2 Å². The predicted molar refractivity (Wildman–Crippen MR) is 218 cm³/mol. The summed E-state index contributed by atoms with van der Waals surface area (Å²) in [7, 11) is 1.26. The number of nitrogens with zero attached hydrogens (tertiary/aromatic N) is 5. The van der Waals surface area contributed by atoms with Crippen molar-refractivity contribution in [2.45, 2.75) is 38.6 Å². The fraction of sp³-hybridized carbons (Fsp3) is 0.436. The SMILES string of the molecule is C#CC1=CC=C(c2ccc(Nc3nc(NC4=CC(C)=C(N5CCCC(N6CCN(C)CC6)CC5)CC=C4OC)ncc3Br)c(P(C)(C)=O)c2)CS1. The normalized spacial score (nSPS) is 21.0. The third-order valence-electron chi connectivity index (χ3n) is 10.1. The third-order valence-corrected chi connectivity index (χ3v) is 13.2. The van der Waals surface area contributed by atoms with E-state index in [4.69, 9.17) is 16.1 Å². The second kappa shape index (κ2) is 16.6. The molecule has 4 aliphatic rings. The maximum absolute atomic E-state index is 13.6. The van der Waals surface area contributed by atoms with Crippen LogP contribution in [0, 0.1) is 12.3 Å². The van der Waals surface area contributed by atoms with Gasteiger partial charge in [-0.3, -0.25) is 4.90 Å². The lowest BCUT2D eigenvalue weighted by Crippen LogP contribution is -2.49. The number of hydrogen-bond donors (Lipinski definition) is 2. The van der Waals surface area contributed by atoms with Crippen LogP contribution in [0.5, 0.6) is 0 Å². The Morgan fingerprint density at radius 1 is 1.10 bits per heavy atom. The molecule has 0 bridgehead atoms. The number of likely N-dealkylation sites (N-methyl/N-ethyl adjacent to an activating group) is 1. The van der Waals surface area contributed by atoms with E-state index in [1.54, 1.807) is 38.4 Å². The van der Waals surface area contributed by atoms with Crippen molar-refractivity contribution in [3.63, 3.8) is 0 Å². The van der Waals surface area contributed by atoms with Gasteiger partial charge in [-0.1, -0.05) is 18.1 Å². The number of hydrogen-bond acceptors (Lipinski definition) is 10. The van der Waals surface area contributed by atoms with E-state index in [2.05, 4.69) is 84.4 Å². The Labute approximate surface area is 316 Å². The summed E-state index contributed by atoms with van der Waals surface area (Å²) in [6, 6.07) is 6.71. The number of anilines is 3. The van der Waals surface area contributed by atoms with Gasteiger partial charge in [-0.05, 0) is 110 Å². The van der Waals surface area contributed by atoms with E-state index in [9.17, 15) is 4.57 Å². The van der Waals surface area contributed by atoms with Gasteiger partial charge < -0.3 is 29.7 Å². The van der Waals surface area contributed by atoms with Crippen molar-refractivity contribution in [2.24, 2.45) is 0 Å². The Morgan fingerprint density at radius 3 is 2.61 bits per heavy atom. The molecule has 9 nitrogen and oxygen atoms in total. The number of rotatable bonds is 9. The van der Waals surface area contributed by atoms with Crippen LogP contribution >= 0.6 is 34.8 Å². The number of methoxy groups -OCH3 is 1. The molecule has 1 unspecified atom stereocenters. The van der Waals surface area contributed by atoms with E-state index in [1.165, 1.54) is 43.6 Å². The Hall–Kier alpha value is -3.26. The summed E-state index contributed by atoms with van der Waals surface area (Å²) in [6.45, 7) is 12.6. The number of allylic oxidation sites excluding steroid dienone is 6. The average molecular weight is 791 g/mol. The van der Waals surface area contributed by atoms with E-state index in [0.717, 1.165) is 76.8 Å². The average Bonchev–Trinajstić information content (AvgIpc) is 3.46. The highest BCUT2D eigenvalue weighted by Gasteiger charge is 2.27. The van der Waals surface area contributed by atoms with E-state index >= 15 is 0 Å². The van der Waals surface area contributed by atoms with Crippen LogP contribution < -0.4 is 15.9 Å². The molecule has 0 amide bonds. The molecule has 1 aromatic carbocycles. The first-order chi connectivity index (χ1) is 24.5. The molecule has 1 atom stereocenters. The maximum atomic E-state index is 13.6. The minimum Gasteiger partial charge on any atom is -0.495 e.